The highest BCUT2D eigenvalue weighted by atomic mass is 16.5. The van der Waals surface area contributed by atoms with Gasteiger partial charge < -0.3 is 4.90 Å². The fraction of sp³-hybridized carbons (Fsp3) is 0.609. The Bertz CT molecular complexity index is 768. The summed E-state index contributed by atoms with van der Waals surface area (Å²) in [7, 11) is 0. The van der Waals surface area contributed by atoms with Crippen LogP contribution in [0.2, 0.25) is 0 Å². The molecule has 0 unspecified atom stereocenters. The lowest BCUT2D eigenvalue weighted by molar-refractivity contribution is -0.141. The van der Waals surface area contributed by atoms with Gasteiger partial charge >= 0.3 is 0 Å². The Kier molecular flexibility index (Phi) is 5.72. The molecule has 2 N–H and O–H groups in total. The van der Waals surface area contributed by atoms with Crippen LogP contribution in [0.4, 0.5) is 0 Å². The number of hydrogen-bond acceptors (Lipinski definition) is 4. The summed E-state index contributed by atoms with van der Waals surface area (Å²) >= 11 is 0. The van der Waals surface area contributed by atoms with Crippen LogP contribution in [-0.4, -0.2) is 40.3 Å². The number of nitrogens with one attached hydrogen (secondary N) is 1. The average molecular weight is 399 g/mol. The lowest BCUT2D eigenvalue weighted by Crippen LogP contribution is -2.45. The molecular weight excluding hydrogens is 368 g/mol. The maximum atomic E-state index is 13.6. The van der Waals surface area contributed by atoms with Crippen molar-refractivity contribution in [2.45, 2.75) is 63.8 Å². The summed E-state index contributed by atoms with van der Waals surface area (Å²) in [6.07, 6.45) is 7.96. The van der Waals surface area contributed by atoms with Gasteiger partial charge in [-0.15, -0.1) is 0 Å². The van der Waals surface area contributed by atoms with Crippen molar-refractivity contribution < 1.29 is 19.6 Å². The van der Waals surface area contributed by atoms with Gasteiger partial charge in [0, 0.05) is 24.4 Å². The number of carbonyl (C=O) groups is 3. The summed E-state index contributed by atoms with van der Waals surface area (Å²) in [5.41, 5.74) is 2.40. The molecule has 2 atom stereocenters. The fourth-order valence-corrected chi connectivity index (χ4v) is 5.28. The number of hydroxylamine groups is 1. The first-order valence-electron chi connectivity index (χ1n) is 10.8. The molecule has 3 aliphatic rings. The summed E-state index contributed by atoms with van der Waals surface area (Å²) in [5, 5.41) is 9.00. The van der Waals surface area contributed by atoms with Gasteiger partial charge in [0.15, 0.2) is 5.78 Å². The number of Topliss-reactive ketones (excluding diaryl/α,β-unsaturated/α-hetero) is 1. The molecule has 1 heterocycles. The molecular formula is C23H30N2O4. The Morgan fingerprint density at radius 2 is 1.83 bits per heavy atom. The number of hydrogen-bond donors (Lipinski definition) is 2. The molecule has 0 aromatic heterocycles. The molecule has 2 amide bonds. The number of likely N-dealkylation sites (tertiary alicyclic amines) is 1. The molecule has 29 heavy (non-hydrogen) atoms. The first-order chi connectivity index (χ1) is 14.0. The van der Waals surface area contributed by atoms with Gasteiger partial charge in [-0.05, 0) is 37.0 Å². The number of rotatable bonds is 7. The van der Waals surface area contributed by atoms with Crippen LogP contribution < -0.4 is 5.48 Å². The Hall–Kier alpha value is -2.21. The predicted molar refractivity (Wildman–Crippen MR) is 107 cm³/mol. The van der Waals surface area contributed by atoms with E-state index < -0.39 is 17.9 Å². The quantitative estimate of drug-likeness (QED) is 0.419. The molecule has 0 bridgehead atoms. The van der Waals surface area contributed by atoms with Gasteiger partial charge in [0.1, 0.15) is 0 Å². The largest absolute Gasteiger partial charge is 0.331 e. The van der Waals surface area contributed by atoms with Gasteiger partial charge in [-0.2, -0.15) is 0 Å². The van der Waals surface area contributed by atoms with Crippen LogP contribution in [0.5, 0.6) is 0 Å². The van der Waals surface area contributed by atoms with Gasteiger partial charge in [-0.25, -0.2) is 5.48 Å². The number of carbonyl (C=O) groups excluding carboxylic acids is 3. The molecule has 1 aromatic carbocycles. The monoisotopic (exact) mass is 398 g/mol. The Morgan fingerprint density at radius 3 is 2.45 bits per heavy atom. The summed E-state index contributed by atoms with van der Waals surface area (Å²) in [6.45, 7) is 0.608. The van der Waals surface area contributed by atoms with E-state index >= 15 is 0 Å². The van der Waals surface area contributed by atoms with Gasteiger partial charge in [-0.3, -0.25) is 19.6 Å². The van der Waals surface area contributed by atoms with Crippen molar-refractivity contribution in [1.29, 1.82) is 0 Å². The Balaban J connectivity index is 1.55. The van der Waals surface area contributed by atoms with E-state index in [1.54, 1.807) is 22.5 Å². The zero-order valence-electron chi connectivity index (χ0n) is 16.8. The first-order valence-corrected chi connectivity index (χ1v) is 10.8. The van der Waals surface area contributed by atoms with E-state index in [9.17, 15) is 14.4 Å². The maximum absolute atomic E-state index is 13.6. The van der Waals surface area contributed by atoms with Crippen molar-refractivity contribution in [2.24, 2.45) is 17.3 Å². The van der Waals surface area contributed by atoms with Crippen molar-refractivity contribution in [3.8, 4) is 0 Å². The topological polar surface area (TPSA) is 86.7 Å². The van der Waals surface area contributed by atoms with E-state index in [4.69, 9.17) is 5.21 Å². The van der Waals surface area contributed by atoms with Gasteiger partial charge in [0.2, 0.25) is 11.8 Å². The predicted octanol–water partition coefficient (Wildman–Crippen LogP) is 3.34. The zero-order chi connectivity index (χ0) is 20.4. The molecule has 6 heteroatoms. The molecule has 1 aliphatic heterocycles. The van der Waals surface area contributed by atoms with Crippen molar-refractivity contribution >= 4 is 17.6 Å². The molecule has 0 radical (unpaired) electrons. The molecule has 1 spiro atoms. The van der Waals surface area contributed by atoms with Crippen molar-refractivity contribution in [1.82, 2.24) is 10.4 Å². The van der Waals surface area contributed by atoms with Crippen LogP contribution >= 0.6 is 0 Å². The standard InChI is InChI=1S/C23H30N2O4/c26-20(24-29)13-18(12-16-6-4-5-7-16)22(28)25-15-23(10-11-23)14-19(25)21(27)17-8-2-1-3-9-17/h1-3,8-9,16,18-19,29H,4-7,10-15H2,(H,24,26)/t18-,19+/m1/s1. The lowest BCUT2D eigenvalue weighted by Gasteiger charge is -2.29. The minimum atomic E-state index is -0.535. The summed E-state index contributed by atoms with van der Waals surface area (Å²) in [5.74, 6) is -0.679. The molecule has 1 saturated heterocycles. The summed E-state index contributed by atoms with van der Waals surface area (Å²) < 4.78 is 0. The van der Waals surface area contributed by atoms with E-state index in [2.05, 4.69) is 0 Å². The highest BCUT2D eigenvalue weighted by molar-refractivity contribution is 6.02. The van der Waals surface area contributed by atoms with Crippen molar-refractivity contribution in [3.63, 3.8) is 0 Å². The molecule has 4 rings (SSSR count). The van der Waals surface area contributed by atoms with Crippen molar-refractivity contribution in [2.75, 3.05) is 6.54 Å². The summed E-state index contributed by atoms with van der Waals surface area (Å²) in [4.78, 5) is 40.4. The number of amides is 2. The number of ketones is 1. The smallest absolute Gasteiger partial charge is 0.244 e. The first kappa shape index (κ1) is 20.1. The van der Waals surface area contributed by atoms with Gasteiger partial charge in [0.25, 0.3) is 0 Å². The van der Waals surface area contributed by atoms with E-state index in [1.807, 2.05) is 18.2 Å². The number of benzene rings is 1. The summed E-state index contributed by atoms with van der Waals surface area (Å²) in [6, 6.07) is 8.72. The number of nitrogens with zero attached hydrogens (tertiary/aromatic N) is 1. The van der Waals surface area contributed by atoms with Crippen LogP contribution in [0.3, 0.4) is 0 Å². The zero-order valence-corrected chi connectivity index (χ0v) is 16.8. The second-order valence-electron chi connectivity index (χ2n) is 9.24. The van der Waals surface area contributed by atoms with E-state index in [-0.39, 0.29) is 23.5 Å². The molecule has 3 fully saturated rings. The maximum Gasteiger partial charge on any atom is 0.244 e. The van der Waals surface area contributed by atoms with E-state index in [1.165, 1.54) is 12.8 Å². The normalized spacial score (nSPS) is 23.9. The minimum absolute atomic E-state index is 0.00560. The molecule has 2 saturated carbocycles. The third kappa shape index (κ3) is 4.37. The van der Waals surface area contributed by atoms with Crippen LogP contribution in [-0.2, 0) is 9.59 Å². The lowest BCUT2D eigenvalue weighted by atomic mass is 9.89. The Labute approximate surface area is 171 Å². The highest BCUT2D eigenvalue weighted by Crippen LogP contribution is 2.55. The van der Waals surface area contributed by atoms with E-state index in [0.29, 0.717) is 24.4 Å². The minimum Gasteiger partial charge on any atom is -0.331 e. The van der Waals surface area contributed by atoms with E-state index in [0.717, 1.165) is 32.1 Å². The molecule has 156 valence electrons. The van der Waals surface area contributed by atoms with Crippen LogP contribution in [0.1, 0.15) is 68.1 Å². The molecule has 1 aromatic rings. The fourth-order valence-electron chi connectivity index (χ4n) is 5.28. The molecule has 6 nitrogen and oxygen atoms in total. The average Bonchev–Trinajstić information content (AvgIpc) is 3.13. The van der Waals surface area contributed by atoms with Gasteiger partial charge in [-0.1, -0.05) is 56.0 Å². The highest BCUT2D eigenvalue weighted by Gasteiger charge is 2.55. The van der Waals surface area contributed by atoms with Crippen LogP contribution in [0.15, 0.2) is 30.3 Å². The van der Waals surface area contributed by atoms with Crippen LogP contribution in [0.25, 0.3) is 0 Å². The van der Waals surface area contributed by atoms with Crippen LogP contribution in [0, 0.1) is 17.3 Å². The Morgan fingerprint density at radius 1 is 1.14 bits per heavy atom. The molecule has 2 aliphatic carbocycles. The third-order valence-electron chi connectivity index (χ3n) is 7.11. The second kappa shape index (κ2) is 8.27. The second-order valence-corrected chi connectivity index (χ2v) is 9.24. The third-order valence-corrected chi connectivity index (χ3v) is 7.11. The van der Waals surface area contributed by atoms with Gasteiger partial charge in [0.05, 0.1) is 6.04 Å². The van der Waals surface area contributed by atoms with Crippen molar-refractivity contribution in [3.05, 3.63) is 35.9 Å². The SMILES string of the molecule is O=C(C[C@@H](CC1CCCC1)C(=O)N1CC2(CC2)C[C@H]1C(=O)c1ccccc1)NO.